The molecule has 1 amide bonds. The molecule has 0 spiro atoms. The van der Waals surface area contributed by atoms with Gasteiger partial charge < -0.3 is 15.4 Å². The van der Waals surface area contributed by atoms with Crippen molar-refractivity contribution in [2.24, 2.45) is 0 Å². The maximum absolute atomic E-state index is 11.9. The number of hydrogen-bond donors (Lipinski definition) is 2. The highest BCUT2D eigenvalue weighted by atomic mass is 35.5. The number of halogens is 1. The third-order valence-corrected chi connectivity index (χ3v) is 3.55. The molecule has 0 atom stereocenters. The number of nitrogens with one attached hydrogen (secondary N) is 2. The van der Waals surface area contributed by atoms with Crippen molar-refractivity contribution in [1.29, 1.82) is 0 Å². The Balaban J connectivity index is 0.00000288. The third-order valence-electron chi connectivity index (χ3n) is 3.55. The van der Waals surface area contributed by atoms with Gasteiger partial charge in [0.2, 0.25) is 5.91 Å². The minimum Gasteiger partial charge on any atom is -0.489 e. The molecule has 0 bridgehead atoms. The summed E-state index contributed by atoms with van der Waals surface area (Å²) < 4.78 is 5.79. The zero-order valence-electron chi connectivity index (χ0n) is 14.2. The average molecular weight is 349 g/mol. The number of benzene rings is 2. The van der Waals surface area contributed by atoms with Crippen LogP contribution in [0.3, 0.4) is 0 Å². The molecule has 0 fully saturated rings. The first-order chi connectivity index (χ1) is 11.2. The molecule has 130 valence electrons. The van der Waals surface area contributed by atoms with Gasteiger partial charge in [0.25, 0.3) is 0 Å². The molecule has 2 N–H and O–H groups in total. The lowest BCUT2D eigenvalue weighted by Crippen LogP contribution is -2.15. The van der Waals surface area contributed by atoms with Crippen molar-refractivity contribution in [1.82, 2.24) is 5.32 Å². The summed E-state index contributed by atoms with van der Waals surface area (Å²) in [5.41, 5.74) is 2.97. The van der Waals surface area contributed by atoms with Crippen LogP contribution in [0.25, 0.3) is 0 Å². The third kappa shape index (κ3) is 6.60. The van der Waals surface area contributed by atoms with E-state index in [1.54, 1.807) is 0 Å². The molecule has 0 radical (unpaired) electrons. The van der Waals surface area contributed by atoms with Gasteiger partial charge in [-0.25, -0.2) is 0 Å². The maximum Gasteiger partial charge on any atom is 0.224 e. The number of amides is 1. The van der Waals surface area contributed by atoms with Gasteiger partial charge in [0.05, 0.1) is 0 Å². The molecular weight excluding hydrogens is 324 g/mol. The van der Waals surface area contributed by atoms with Crippen LogP contribution in [0.4, 0.5) is 5.69 Å². The Morgan fingerprint density at radius 3 is 2.54 bits per heavy atom. The molecule has 0 unspecified atom stereocenters. The van der Waals surface area contributed by atoms with Crippen molar-refractivity contribution in [3.05, 3.63) is 59.7 Å². The highest BCUT2D eigenvalue weighted by molar-refractivity contribution is 5.91. The van der Waals surface area contributed by atoms with Crippen molar-refractivity contribution in [2.45, 2.75) is 26.4 Å². The van der Waals surface area contributed by atoms with Crippen LogP contribution in [0, 0.1) is 6.92 Å². The minimum absolute atomic E-state index is 0. The smallest absolute Gasteiger partial charge is 0.224 e. The van der Waals surface area contributed by atoms with Crippen LogP contribution >= 0.6 is 12.4 Å². The monoisotopic (exact) mass is 348 g/mol. The fourth-order valence-corrected chi connectivity index (χ4v) is 2.25. The van der Waals surface area contributed by atoms with Crippen LogP contribution in [0.1, 0.15) is 24.0 Å². The van der Waals surface area contributed by atoms with E-state index < -0.39 is 0 Å². The predicted molar refractivity (Wildman–Crippen MR) is 101 cm³/mol. The van der Waals surface area contributed by atoms with Crippen molar-refractivity contribution >= 4 is 24.0 Å². The molecule has 0 saturated carbocycles. The zero-order valence-corrected chi connectivity index (χ0v) is 15.0. The second-order valence-corrected chi connectivity index (χ2v) is 5.51. The van der Waals surface area contributed by atoms with Crippen molar-refractivity contribution in [3.8, 4) is 5.75 Å². The van der Waals surface area contributed by atoms with Crippen LogP contribution in [-0.2, 0) is 11.4 Å². The van der Waals surface area contributed by atoms with Gasteiger partial charge in [-0.1, -0.05) is 30.3 Å². The standard InChI is InChI=1S/C19H24N2O2.ClH/c1-15-13-17(23-14-16-7-4-3-5-8-16)10-11-18(15)21-19(22)9-6-12-20-2;/h3-5,7-8,10-11,13,20H,6,9,12,14H2,1-2H3,(H,21,22);1H. The van der Waals surface area contributed by atoms with Crippen molar-refractivity contribution in [3.63, 3.8) is 0 Å². The lowest BCUT2D eigenvalue weighted by Gasteiger charge is -2.11. The normalized spacial score (nSPS) is 9.92. The summed E-state index contributed by atoms with van der Waals surface area (Å²) >= 11 is 0. The SMILES string of the molecule is CNCCCC(=O)Nc1ccc(OCc2ccccc2)cc1C.Cl. The summed E-state index contributed by atoms with van der Waals surface area (Å²) in [5, 5.41) is 5.98. The van der Waals surface area contributed by atoms with Crippen LogP contribution in [-0.4, -0.2) is 19.5 Å². The zero-order chi connectivity index (χ0) is 16.5. The first kappa shape index (κ1) is 20.0. The first-order valence-electron chi connectivity index (χ1n) is 7.91. The lowest BCUT2D eigenvalue weighted by atomic mass is 10.1. The van der Waals surface area contributed by atoms with Crippen molar-refractivity contribution < 1.29 is 9.53 Å². The largest absolute Gasteiger partial charge is 0.489 e. The van der Waals surface area contributed by atoms with E-state index in [4.69, 9.17) is 4.74 Å². The van der Waals surface area contributed by atoms with Crippen LogP contribution < -0.4 is 15.4 Å². The Labute approximate surface area is 150 Å². The van der Waals surface area contributed by atoms with E-state index in [1.165, 1.54) is 0 Å². The molecule has 0 aromatic heterocycles. The van der Waals surface area contributed by atoms with Gasteiger partial charge in [-0.3, -0.25) is 4.79 Å². The quantitative estimate of drug-likeness (QED) is 0.710. The summed E-state index contributed by atoms with van der Waals surface area (Å²) in [7, 11) is 1.89. The number of anilines is 1. The number of hydrogen-bond acceptors (Lipinski definition) is 3. The predicted octanol–water partition coefficient (Wildman–Crippen LogP) is 3.93. The van der Waals surface area contributed by atoms with E-state index in [-0.39, 0.29) is 18.3 Å². The Kier molecular flexibility index (Phi) is 8.90. The Morgan fingerprint density at radius 2 is 1.88 bits per heavy atom. The van der Waals surface area contributed by atoms with E-state index in [0.29, 0.717) is 13.0 Å². The summed E-state index contributed by atoms with van der Waals surface area (Å²) in [4.78, 5) is 11.9. The van der Waals surface area contributed by atoms with Crippen LogP contribution in [0.15, 0.2) is 48.5 Å². The number of carbonyl (C=O) groups is 1. The molecule has 5 heteroatoms. The fourth-order valence-electron chi connectivity index (χ4n) is 2.25. The molecule has 2 rings (SSSR count). The molecule has 0 aliphatic rings. The minimum atomic E-state index is 0. The number of ether oxygens (including phenoxy) is 1. The molecule has 2 aromatic carbocycles. The van der Waals surface area contributed by atoms with Crippen LogP contribution in [0.2, 0.25) is 0 Å². The summed E-state index contributed by atoms with van der Waals surface area (Å²) in [6.45, 7) is 3.35. The lowest BCUT2D eigenvalue weighted by molar-refractivity contribution is -0.116. The molecule has 4 nitrogen and oxygen atoms in total. The van der Waals surface area contributed by atoms with E-state index in [2.05, 4.69) is 10.6 Å². The Morgan fingerprint density at radius 1 is 1.12 bits per heavy atom. The van der Waals surface area contributed by atoms with Gasteiger partial charge in [-0.2, -0.15) is 0 Å². The first-order valence-corrected chi connectivity index (χ1v) is 7.91. The molecule has 0 saturated heterocycles. The van der Waals surface area contributed by atoms with Gasteiger partial charge in [-0.05, 0) is 56.3 Å². The molecule has 0 heterocycles. The summed E-state index contributed by atoms with van der Waals surface area (Å²) in [6.07, 6.45) is 1.35. The second kappa shape index (κ2) is 10.7. The summed E-state index contributed by atoms with van der Waals surface area (Å²) in [6, 6.07) is 15.8. The highest BCUT2D eigenvalue weighted by Crippen LogP contribution is 2.22. The topological polar surface area (TPSA) is 50.4 Å². The molecule has 2 aromatic rings. The van der Waals surface area contributed by atoms with Crippen molar-refractivity contribution in [2.75, 3.05) is 18.9 Å². The Hall–Kier alpha value is -2.04. The second-order valence-electron chi connectivity index (χ2n) is 5.51. The van der Waals surface area contributed by atoms with E-state index in [0.717, 1.165) is 35.5 Å². The average Bonchev–Trinajstić information content (AvgIpc) is 2.56. The molecule has 0 aliphatic heterocycles. The van der Waals surface area contributed by atoms with Crippen LogP contribution in [0.5, 0.6) is 5.75 Å². The van der Waals surface area contributed by atoms with Gasteiger partial charge in [-0.15, -0.1) is 12.4 Å². The molecular formula is C19H25ClN2O2. The summed E-state index contributed by atoms with van der Waals surface area (Å²) in [5.74, 6) is 0.848. The maximum atomic E-state index is 11.9. The van der Waals surface area contributed by atoms with E-state index in [1.807, 2.05) is 62.5 Å². The Bertz CT molecular complexity index is 633. The number of rotatable bonds is 8. The number of carbonyl (C=O) groups excluding carboxylic acids is 1. The number of aryl methyl sites for hydroxylation is 1. The van der Waals surface area contributed by atoms with E-state index >= 15 is 0 Å². The fraction of sp³-hybridized carbons (Fsp3) is 0.316. The van der Waals surface area contributed by atoms with E-state index in [9.17, 15) is 4.79 Å². The van der Waals surface area contributed by atoms with Gasteiger partial charge in [0, 0.05) is 12.1 Å². The molecule has 0 aliphatic carbocycles. The molecule has 24 heavy (non-hydrogen) atoms. The van der Waals surface area contributed by atoms with Gasteiger partial charge >= 0.3 is 0 Å². The van der Waals surface area contributed by atoms with Gasteiger partial charge in [0.15, 0.2) is 0 Å². The highest BCUT2D eigenvalue weighted by Gasteiger charge is 2.06. The van der Waals surface area contributed by atoms with Gasteiger partial charge in [0.1, 0.15) is 12.4 Å².